The van der Waals surface area contributed by atoms with E-state index in [0.29, 0.717) is 17.3 Å². The van der Waals surface area contributed by atoms with Crippen LogP contribution in [0, 0.1) is 0 Å². The first-order valence-corrected chi connectivity index (χ1v) is 8.55. The topological polar surface area (TPSA) is 51.1 Å². The Labute approximate surface area is 148 Å². The van der Waals surface area contributed by atoms with Gasteiger partial charge in [-0.3, -0.25) is 14.2 Å². The highest BCUT2D eigenvalue weighted by Crippen LogP contribution is 2.22. The number of anilines is 1. The molecule has 6 heteroatoms. The number of rotatable bonds is 5. The molecule has 122 valence electrons. The molecule has 0 saturated heterocycles. The van der Waals surface area contributed by atoms with Gasteiger partial charge >= 0.3 is 4.87 Å². The minimum Gasteiger partial charge on any atom is -0.326 e. The van der Waals surface area contributed by atoms with Gasteiger partial charge in [-0.15, -0.1) is 6.58 Å². The third kappa shape index (κ3) is 3.58. The Morgan fingerprint density at radius 1 is 1.25 bits per heavy atom. The molecule has 4 nitrogen and oxygen atoms in total. The molecule has 3 rings (SSSR count). The van der Waals surface area contributed by atoms with Crippen LogP contribution in [0.5, 0.6) is 0 Å². The van der Waals surface area contributed by atoms with E-state index in [1.165, 1.54) is 0 Å². The number of benzene rings is 2. The van der Waals surface area contributed by atoms with Crippen molar-refractivity contribution in [1.29, 1.82) is 0 Å². The van der Waals surface area contributed by atoms with Crippen LogP contribution in [0.15, 0.2) is 59.9 Å². The molecular weight excluding hydrogens is 344 g/mol. The van der Waals surface area contributed by atoms with Crippen LogP contribution in [0.1, 0.15) is 5.56 Å². The van der Waals surface area contributed by atoms with Crippen LogP contribution in [-0.2, 0) is 17.8 Å². The predicted octanol–water partition coefficient (Wildman–Crippen LogP) is 4.08. The maximum absolute atomic E-state index is 12.2. The zero-order valence-electron chi connectivity index (χ0n) is 12.8. The highest BCUT2D eigenvalue weighted by atomic mass is 35.5. The van der Waals surface area contributed by atoms with Gasteiger partial charge in [-0.1, -0.05) is 41.1 Å². The van der Waals surface area contributed by atoms with Crippen molar-refractivity contribution in [2.45, 2.75) is 13.0 Å². The van der Waals surface area contributed by atoms with Gasteiger partial charge in [-0.2, -0.15) is 0 Å². The van der Waals surface area contributed by atoms with Crippen LogP contribution in [0.3, 0.4) is 0 Å². The lowest BCUT2D eigenvalue weighted by atomic mass is 10.1. The molecule has 0 spiro atoms. The van der Waals surface area contributed by atoms with E-state index in [-0.39, 0.29) is 17.2 Å². The predicted molar refractivity (Wildman–Crippen MR) is 100 cm³/mol. The summed E-state index contributed by atoms with van der Waals surface area (Å²) in [6.07, 6.45) is 1.96. The number of thiazole rings is 1. The van der Waals surface area contributed by atoms with Crippen LogP contribution in [0.4, 0.5) is 5.69 Å². The molecule has 0 radical (unpaired) electrons. The van der Waals surface area contributed by atoms with E-state index in [1.807, 2.05) is 24.3 Å². The summed E-state index contributed by atoms with van der Waals surface area (Å²) in [5.74, 6) is -0.116. The van der Waals surface area contributed by atoms with Gasteiger partial charge in [-0.25, -0.2) is 0 Å². The highest BCUT2D eigenvalue weighted by Gasteiger charge is 2.09. The van der Waals surface area contributed by atoms with Gasteiger partial charge in [-0.05, 0) is 35.9 Å². The van der Waals surface area contributed by atoms with E-state index in [4.69, 9.17) is 11.6 Å². The Morgan fingerprint density at radius 2 is 2.00 bits per heavy atom. The first-order chi connectivity index (χ1) is 11.6. The first-order valence-electron chi connectivity index (χ1n) is 7.35. The van der Waals surface area contributed by atoms with Crippen LogP contribution in [-0.4, -0.2) is 10.5 Å². The largest absolute Gasteiger partial charge is 0.326 e. The number of aromatic nitrogens is 1. The van der Waals surface area contributed by atoms with E-state index in [2.05, 4.69) is 11.9 Å². The molecule has 0 unspecified atom stereocenters. The molecule has 1 amide bonds. The number of nitrogens with one attached hydrogen (secondary N) is 1. The van der Waals surface area contributed by atoms with Gasteiger partial charge in [0, 0.05) is 17.3 Å². The van der Waals surface area contributed by atoms with Gasteiger partial charge in [0.25, 0.3) is 0 Å². The second-order valence-electron chi connectivity index (χ2n) is 5.30. The molecule has 1 N–H and O–H groups in total. The second kappa shape index (κ2) is 7.03. The van der Waals surface area contributed by atoms with E-state index < -0.39 is 0 Å². The number of amides is 1. The highest BCUT2D eigenvalue weighted by molar-refractivity contribution is 7.16. The lowest BCUT2D eigenvalue weighted by Crippen LogP contribution is -2.14. The summed E-state index contributed by atoms with van der Waals surface area (Å²) in [6.45, 7) is 4.14. The van der Waals surface area contributed by atoms with Gasteiger partial charge < -0.3 is 5.32 Å². The van der Waals surface area contributed by atoms with Gasteiger partial charge in [0.1, 0.15) is 0 Å². The first kappa shape index (κ1) is 16.5. The summed E-state index contributed by atoms with van der Waals surface area (Å²) >= 11 is 7.00. The zero-order valence-corrected chi connectivity index (χ0v) is 14.4. The SMILES string of the molecule is C=CCn1c(=O)sc2cc(NC(=O)Cc3ccc(Cl)cc3)ccc21. The maximum Gasteiger partial charge on any atom is 0.308 e. The van der Waals surface area contributed by atoms with E-state index in [1.54, 1.807) is 28.8 Å². The summed E-state index contributed by atoms with van der Waals surface area (Å²) in [4.78, 5) is 24.1. The number of hydrogen-bond acceptors (Lipinski definition) is 3. The fourth-order valence-electron chi connectivity index (χ4n) is 2.44. The summed E-state index contributed by atoms with van der Waals surface area (Å²) in [6, 6.07) is 12.6. The fraction of sp³-hybridized carbons (Fsp3) is 0.111. The molecule has 2 aromatic carbocycles. The van der Waals surface area contributed by atoms with Crippen molar-refractivity contribution in [3.63, 3.8) is 0 Å². The van der Waals surface area contributed by atoms with Gasteiger partial charge in [0.15, 0.2) is 0 Å². The monoisotopic (exact) mass is 358 g/mol. The number of halogens is 1. The van der Waals surface area contributed by atoms with Crippen molar-refractivity contribution in [2.75, 3.05) is 5.32 Å². The quantitative estimate of drug-likeness (QED) is 0.698. The van der Waals surface area contributed by atoms with E-state index in [9.17, 15) is 9.59 Å². The molecule has 0 atom stereocenters. The molecule has 0 aliphatic heterocycles. The van der Waals surface area contributed by atoms with Crippen LogP contribution in [0.25, 0.3) is 10.2 Å². The molecule has 1 aromatic heterocycles. The number of carbonyl (C=O) groups excluding carboxylic acids is 1. The van der Waals surface area contributed by atoms with Gasteiger partial charge in [0.05, 0.1) is 16.6 Å². The zero-order chi connectivity index (χ0) is 17.1. The smallest absolute Gasteiger partial charge is 0.308 e. The molecule has 0 saturated carbocycles. The van der Waals surface area contributed by atoms with Gasteiger partial charge in [0.2, 0.25) is 5.91 Å². The average molecular weight is 359 g/mol. The van der Waals surface area contributed by atoms with Crippen molar-refractivity contribution in [2.24, 2.45) is 0 Å². The third-order valence-corrected chi connectivity index (χ3v) is 4.74. The molecule has 3 aromatic rings. The number of allylic oxidation sites excluding steroid dienone is 1. The van der Waals surface area contributed by atoms with Crippen molar-refractivity contribution < 1.29 is 4.79 Å². The summed E-state index contributed by atoms with van der Waals surface area (Å²) in [7, 11) is 0. The van der Waals surface area contributed by atoms with Crippen LogP contribution in [0.2, 0.25) is 5.02 Å². The van der Waals surface area contributed by atoms with Crippen molar-refractivity contribution in [3.8, 4) is 0 Å². The maximum atomic E-state index is 12.2. The van der Waals surface area contributed by atoms with Crippen molar-refractivity contribution >= 4 is 44.7 Å². The number of nitrogens with zero attached hydrogens (tertiary/aromatic N) is 1. The minimum atomic E-state index is -0.116. The molecule has 24 heavy (non-hydrogen) atoms. The molecule has 0 aliphatic carbocycles. The third-order valence-electron chi connectivity index (χ3n) is 3.54. The molecular formula is C18H15ClN2O2S. The summed E-state index contributed by atoms with van der Waals surface area (Å²) in [5.41, 5.74) is 2.41. The molecule has 0 bridgehead atoms. The lowest BCUT2D eigenvalue weighted by molar-refractivity contribution is -0.115. The standard InChI is InChI=1S/C18H15ClN2O2S/c1-2-9-21-15-8-7-14(11-16(15)24-18(21)23)20-17(22)10-12-3-5-13(19)6-4-12/h2-8,11H,1,9-10H2,(H,20,22). The Morgan fingerprint density at radius 3 is 2.71 bits per heavy atom. The Kier molecular flexibility index (Phi) is 4.83. The molecule has 0 aliphatic rings. The van der Waals surface area contributed by atoms with Crippen LogP contribution >= 0.6 is 22.9 Å². The number of carbonyl (C=O) groups is 1. The number of hydrogen-bond donors (Lipinski definition) is 1. The summed E-state index contributed by atoms with van der Waals surface area (Å²) in [5, 5.41) is 3.50. The minimum absolute atomic E-state index is 0.0328. The Hall–Kier alpha value is -2.37. The Bertz CT molecular complexity index is 957. The number of fused-ring (bicyclic) bond motifs is 1. The average Bonchev–Trinajstić information content (AvgIpc) is 2.85. The second-order valence-corrected chi connectivity index (χ2v) is 6.73. The Balaban J connectivity index is 1.77. The lowest BCUT2D eigenvalue weighted by Gasteiger charge is -2.06. The normalized spacial score (nSPS) is 10.7. The molecule has 0 fully saturated rings. The van der Waals surface area contributed by atoms with Crippen LogP contribution < -0.4 is 10.2 Å². The van der Waals surface area contributed by atoms with E-state index >= 15 is 0 Å². The molecule has 1 heterocycles. The van der Waals surface area contributed by atoms with Crippen molar-refractivity contribution in [3.05, 3.63) is 75.4 Å². The fourth-order valence-corrected chi connectivity index (χ4v) is 3.50. The summed E-state index contributed by atoms with van der Waals surface area (Å²) < 4.78 is 2.50. The van der Waals surface area contributed by atoms with Crippen molar-refractivity contribution in [1.82, 2.24) is 4.57 Å². The van der Waals surface area contributed by atoms with E-state index in [0.717, 1.165) is 27.1 Å².